The number of benzene rings is 1. The summed E-state index contributed by atoms with van der Waals surface area (Å²) in [4.78, 5) is 35.6. The fraction of sp³-hybridized carbons (Fsp3) is 0.182. The average molecular weight is 308 g/mol. The van der Waals surface area contributed by atoms with Gasteiger partial charge in [0.15, 0.2) is 23.3 Å². The lowest BCUT2D eigenvalue weighted by molar-refractivity contribution is -1.12. The fourth-order valence-corrected chi connectivity index (χ4v) is 1.68. The van der Waals surface area contributed by atoms with E-state index in [1.807, 2.05) is 0 Å². The van der Waals surface area contributed by atoms with E-state index in [0.29, 0.717) is 0 Å². The Morgan fingerprint density at radius 2 is 1.48 bits per heavy atom. The van der Waals surface area contributed by atoms with Crippen LogP contribution in [0.3, 0.4) is 0 Å². The van der Waals surface area contributed by atoms with Gasteiger partial charge in [0.25, 0.3) is 0 Å². The molecule has 0 radical (unpaired) electrons. The normalized spacial score (nSPS) is 17.2. The van der Waals surface area contributed by atoms with E-state index in [-0.39, 0.29) is 6.07 Å². The van der Waals surface area contributed by atoms with Gasteiger partial charge in [0.2, 0.25) is 0 Å². The molecule has 1 fully saturated rings. The second kappa shape index (κ2) is 4.90. The largest absolute Gasteiger partial charge is 0.409 e. The number of carbonyl (C=O) groups is 3. The Labute approximate surface area is 113 Å². The van der Waals surface area contributed by atoms with Crippen LogP contribution in [0.5, 0.6) is 0 Å². The Balaban J connectivity index is 2.43. The number of carbonyl (C=O) groups excluding carboxylic acids is 3. The SMILES string of the molecule is O=C(O[N+]1(O)C(=O)CCC1=O)c1c(F)c(F)cc(F)c1F. The Morgan fingerprint density at radius 3 is 1.90 bits per heavy atom. The maximum Gasteiger partial charge on any atom is 0.409 e. The number of hydroxylamine groups is 4. The van der Waals surface area contributed by atoms with Crippen LogP contribution in [0.2, 0.25) is 0 Å². The first-order chi connectivity index (χ1) is 9.68. The second-order valence-corrected chi connectivity index (χ2v) is 4.09. The van der Waals surface area contributed by atoms with E-state index < -0.39 is 64.3 Å². The van der Waals surface area contributed by atoms with E-state index in [4.69, 9.17) is 0 Å². The van der Waals surface area contributed by atoms with Crippen LogP contribution in [0.4, 0.5) is 17.6 Å². The van der Waals surface area contributed by atoms with E-state index in [1.54, 1.807) is 0 Å². The molecule has 2 rings (SSSR count). The monoisotopic (exact) mass is 308 g/mol. The summed E-state index contributed by atoms with van der Waals surface area (Å²) in [6, 6.07) is -0.142. The van der Waals surface area contributed by atoms with Crippen molar-refractivity contribution in [2.75, 3.05) is 0 Å². The van der Waals surface area contributed by atoms with Gasteiger partial charge in [-0.05, 0) is 0 Å². The van der Waals surface area contributed by atoms with E-state index in [2.05, 4.69) is 4.84 Å². The maximum absolute atomic E-state index is 13.3. The molecule has 10 heteroatoms. The molecule has 21 heavy (non-hydrogen) atoms. The van der Waals surface area contributed by atoms with E-state index >= 15 is 0 Å². The highest BCUT2D eigenvalue weighted by Crippen LogP contribution is 2.25. The molecule has 0 bridgehead atoms. The van der Waals surface area contributed by atoms with Gasteiger partial charge in [0.05, 0.1) is 12.8 Å². The Kier molecular flexibility index (Phi) is 3.51. The molecule has 1 N–H and O–H groups in total. The van der Waals surface area contributed by atoms with Crippen LogP contribution in [-0.4, -0.2) is 27.8 Å². The lowest BCUT2D eigenvalue weighted by Crippen LogP contribution is -2.50. The number of hydrogen-bond donors (Lipinski definition) is 1. The summed E-state index contributed by atoms with van der Waals surface area (Å²) >= 11 is 0. The summed E-state index contributed by atoms with van der Waals surface area (Å²) in [6.07, 6.45) is -0.934. The maximum atomic E-state index is 13.3. The smallest absolute Gasteiger partial charge is 0.239 e. The minimum absolute atomic E-state index is 0.142. The first kappa shape index (κ1) is 15.1. The first-order valence-electron chi connectivity index (χ1n) is 5.44. The number of imide groups is 1. The zero-order valence-corrected chi connectivity index (χ0v) is 10.0. The van der Waals surface area contributed by atoms with Crippen molar-refractivity contribution >= 4 is 17.8 Å². The predicted octanol–water partition coefficient (Wildman–Crippen LogP) is 1.37. The molecule has 2 amide bonds. The van der Waals surface area contributed by atoms with Gasteiger partial charge in [-0.15, -0.1) is 0 Å². The van der Waals surface area contributed by atoms with Gasteiger partial charge in [-0.1, -0.05) is 0 Å². The predicted molar refractivity (Wildman–Crippen MR) is 53.0 cm³/mol. The molecular formula is C11H6F4NO5+. The number of rotatable bonds is 2. The highest BCUT2D eigenvalue weighted by atomic mass is 19.2. The molecule has 0 atom stereocenters. The third kappa shape index (κ3) is 2.28. The highest BCUT2D eigenvalue weighted by Gasteiger charge is 2.56. The Bertz CT molecular complexity index is 633. The van der Waals surface area contributed by atoms with Crippen LogP contribution >= 0.6 is 0 Å². The van der Waals surface area contributed by atoms with Crippen molar-refractivity contribution in [2.45, 2.75) is 12.8 Å². The summed E-state index contributed by atoms with van der Waals surface area (Å²) in [5, 5.41) is 9.54. The van der Waals surface area contributed by atoms with Gasteiger partial charge in [0.1, 0.15) is 10.4 Å². The molecule has 1 saturated heterocycles. The van der Waals surface area contributed by atoms with Crippen LogP contribution in [0, 0.1) is 23.3 Å². The van der Waals surface area contributed by atoms with Crippen molar-refractivity contribution in [3.05, 3.63) is 34.9 Å². The molecule has 1 aliphatic rings. The van der Waals surface area contributed by atoms with Gasteiger partial charge in [-0.25, -0.2) is 36.8 Å². The Hall–Kier alpha value is -2.33. The number of halogens is 4. The van der Waals surface area contributed by atoms with Gasteiger partial charge < -0.3 is 0 Å². The van der Waals surface area contributed by atoms with Gasteiger partial charge in [-0.3, -0.25) is 0 Å². The minimum atomic E-state index is -2.46. The molecule has 112 valence electrons. The lowest BCUT2D eigenvalue weighted by Gasteiger charge is -2.16. The number of hydrogen-bond acceptors (Lipinski definition) is 5. The number of nitrogens with zero attached hydrogens (tertiary/aromatic N) is 1. The van der Waals surface area contributed by atoms with Crippen molar-refractivity contribution in [3.8, 4) is 0 Å². The van der Waals surface area contributed by atoms with E-state index in [1.165, 1.54) is 0 Å². The van der Waals surface area contributed by atoms with Crippen molar-refractivity contribution in [3.63, 3.8) is 0 Å². The third-order valence-electron chi connectivity index (χ3n) is 2.76. The number of quaternary nitrogens is 1. The van der Waals surface area contributed by atoms with E-state index in [9.17, 15) is 37.2 Å². The van der Waals surface area contributed by atoms with E-state index in [0.717, 1.165) is 0 Å². The molecular weight excluding hydrogens is 302 g/mol. The molecule has 0 spiro atoms. The first-order valence-corrected chi connectivity index (χ1v) is 5.44. The van der Waals surface area contributed by atoms with Crippen LogP contribution < -0.4 is 0 Å². The number of amides is 2. The summed E-state index contributed by atoms with van der Waals surface area (Å²) in [5.74, 6) is -12.5. The van der Waals surface area contributed by atoms with Gasteiger partial charge in [0, 0.05) is 6.07 Å². The van der Waals surface area contributed by atoms with Crippen molar-refractivity contribution in [1.82, 2.24) is 0 Å². The molecule has 1 aromatic rings. The quantitative estimate of drug-likeness (QED) is 0.293. The standard InChI is InChI=1S/C11H6F4NO5/c12-4-3-5(13)10(15)8(9(4)14)11(19)21-16(20)6(17)1-2-7(16)18/h3,20H,1-2H2/q+1. The lowest BCUT2D eigenvalue weighted by atomic mass is 10.2. The molecule has 1 aliphatic heterocycles. The summed E-state index contributed by atoms with van der Waals surface area (Å²) in [7, 11) is 0. The minimum Gasteiger partial charge on any atom is -0.239 e. The third-order valence-corrected chi connectivity index (χ3v) is 2.76. The van der Waals surface area contributed by atoms with Crippen molar-refractivity contribution < 1.29 is 46.8 Å². The molecule has 6 nitrogen and oxygen atoms in total. The molecule has 0 aromatic heterocycles. The molecule has 0 unspecified atom stereocenters. The topological polar surface area (TPSA) is 80.7 Å². The molecule has 1 aromatic carbocycles. The summed E-state index contributed by atoms with van der Waals surface area (Å²) in [5.41, 5.74) is -1.80. The summed E-state index contributed by atoms with van der Waals surface area (Å²) in [6.45, 7) is 0. The second-order valence-electron chi connectivity index (χ2n) is 4.09. The molecule has 1 heterocycles. The van der Waals surface area contributed by atoms with Crippen molar-refractivity contribution in [2.24, 2.45) is 0 Å². The van der Waals surface area contributed by atoms with Crippen LogP contribution in [-0.2, 0) is 14.4 Å². The highest BCUT2D eigenvalue weighted by molar-refractivity contribution is 5.94. The zero-order chi connectivity index (χ0) is 15.9. The van der Waals surface area contributed by atoms with Crippen LogP contribution in [0.25, 0.3) is 0 Å². The fourth-order valence-electron chi connectivity index (χ4n) is 1.68. The molecule has 0 saturated carbocycles. The molecule has 0 aliphatic carbocycles. The van der Waals surface area contributed by atoms with Gasteiger partial charge in [-0.2, -0.15) is 5.21 Å². The Morgan fingerprint density at radius 1 is 1.05 bits per heavy atom. The average Bonchev–Trinajstić information content (AvgIpc) is 2.64. The zero-order valence-electron chi connectivity index (χ0n) is 10.0. The van der Waals surface area contributed by atoms with Crippen LogP contribution in [0.15, 0.2) is 6.07 Å². The summed E-state index contributed by atoms with van der Waals surface area (Å²) < 4.78 is 52.6. The van der Waals surface area contributed by atoms with Crippen LogP contribution in [0.1, 0.15) is 23.2 Å². The van der Waals surface area contributed by atoms with Crippen molar-refractivity contribution in [1.29, 1.82) is 0 Å². The van der Waals surface area contributed by atoms with Gasteiger partial charge >= 0.3 is 17.8 Å².